The number of halogens is 1. The van der Waals surface area contributed by atoms with Crippen LogP contribution in [0.3, 0.4) is 0 Å². The quantitative estimate of drug-likeness (QED) is 0.878. The highest BCUT2D eigenvalue weighted by Gasteiger charge is 2.21. The molecule has 1 fully saturated rings. The molecule has 1 aromatic carbocycles. The first-order chi connectivity index (χ1) is 7.72. The topological polar surface area (TPSA) is 41.5 Å². The Morgan fingerprint density at radius 2 is 2.31 bits per heavy atom. The summed E-state index contributed by atoms with van der Waals surface area (Å²) >= 11 is 3.44. The maximum Gasteiger partial charge on any atom is 0.161 e. The van der Waals surface area contributed by atoms with E-state index in [-0.39, 0.29) is 5.75 Å². The Kier molecular flexibility index (Phi) is 3.71. The molecule has 1 unspecified atom stereocenters. The van der Waals surface area contributed by atoms with Crippen LogP contribution in [0.1, 0.15) is 24.3 Å². The molecule has 1 aromatic rings. The van der Waals surface area contributed by atoms with Crippen molar-refractivity contribution in [1.82, 2.24) is 5.32 Å². The number of hydrogen-bond donors (Lipinski definition) is 2. The monoisotopic (exact) mass is 285 g/mol. The van der Waals surface area contributed by atoms with Crippen molar-refractivity contribution >= 4 is 15.9 Å². The van der Waals surface area contributed by atoms with E-state index >= 15 is 0 Å². The normalized spacial score (nSPS) is 20.8. The van der Waals surface area contributed by atoms with Gasteiger partial charge in [-0.1, -0.05) is 15.9 Å². The van der Waals surface area contributed by atoms with Gasteiger partial charge in [0.2, 0.25) is 0 Å². The van der Waals surface area contributed by atoms with E-state index < -0.39 is 0 Å². The number of phenolic OH excluding ortho intramolecular Hbond substituents is 1. The van der Waals surface area contributed by atoms with Gasteiger partial charge in [-0.15, -0.1) is 0 Å². The van der Waals surface area contributed by atoms with Gasteiger partial charge in [0.25, 0.3) is 0 Å². The minimum atomic E-state index is 0.277. The third-order valence-corrected chi connectivity index (χ3v) is 3.48. The van der Waals surface area contributed by atoms with E-state index in [9.17, 15) is 5.11 Å². The second kappa shape index (κ2) is 5.06. The second-order valence-electron chi connectivity index (χ2n) is 4.09. The van der Waals surface area contributed by atoms with Crippen LogP contribution in [0, 0.1) is 0 Å². The first kappa shape index (κ1) is 11.7. The molecular formula is C12H16BrNO2. The lowest BCUT2D eigenvalue weighted by atomic mass is 9.91. The highest BCUT2D eigenvalue weighted by Crippen LogP contribution is 2.39. The van der Waals surface area contributed by atoms with Crippen LogP contribution in [0.15, 0.2) is 16.6 Å². The fourth-order valence-corrected chi connectivity index (χ4v) is 2.63. The molecule has 0 saturated carbocycles. The molecule has 0 amide bonds. The van der Waals surface area contributed by atoms with Crippen LogP contribution < -0.4 is 10.1 Å². The molecule has 1 aliphatic rings. The van der Waals surface area contributed by atoms with Crippen molar-refractivity contribution < 1.29 is 9.84 Å². The number of benzene rings is 1. The predicted octanol–water partition coefficient (Wildman–Crippen LogP) is 2.63. The van der Waals surface area contributed by atoms with Crippen molar-refractivity contribution in [2.75, 3.05) is 20.2 Å². The van der Waals surface area contributed by atoms with Crippen LogP contribution in [0.2, 0.25) is 0 Å². The Morgan fingerprint density at radius 3 is 2.94 bits per heavy atom. The van der Waals surface area contributed by atoms with Gasteiger partial charge in [-0.25, -0.2) is 0 Å². The van der Waals surface area contributed by atoms with Gasteiger partial charge in [0, 0.05) is 22.5 Å². The molecule has 1 saturated heterocycles. The summed E-state index contributed by atoms with van der Waals surface area (Å²) in [5.74, 6) is 1.19. The zero-order valence-corrected chi connectivity index (χ0v) is 10.9. The first-order valence-electron chi connectivity index (χ1n) is 5.49. The number of hydrogen-bond acceptors (Lipinski definition) is 3. The Morgan fingerprint density at radius 1 is 1.50 bits per heavy atom. The molecule has 1 aliphatic heterocycles. The van der Waals surface area contributed by atoms with Crippen LogP contribution in [0.25, 0.3) is 0 Å². The SMILES string of the molecule is COc1cc(Br)cc(C2CCCNC2)c1O. The number of methoxy groups -OCH3 is 1. The van der Waals surface area contributed by atoms with Gasteiger partial charge in [0.05, 0.1) is 7.11 Å². The van der Waals surface area contributed by atoms with Gasteiger partial charge in [-0.2, -0.15) is 0 Å². The van der Waals surface area contributed by atoms with Crippen LogP contribution in [0.4, 0.5) is 0 Å². The van der Waals surface area contributed by atoms with Crippen molar-refractivity contribution in [2.24, 2.45) is 0 Å². The van der Waals surface area contributed by atoms with Gasteiger partial charge in [-0.05, 0) is 31.5 Å². The van der Waals surface area contributed by atoms with E-state index in [0.717, 1.165) is 36.0 Å². The summed E-state index contributed by atoms with van der Waals surface area (Å²) in [6.45, 7) is 2.00. The lowest BCUT2D eigenvalue weighted by molar-refractivity contribution is 0.363. The average molecular weight is 286 g/mol. The van der Waals surface area contributed by atoms with Gasteiger partial charge in [0.15, 0.2) is 11.5 Å². The zero-order chi connectivity index (χ0) is 11.5. The highest BCUT2D eigenvalue weighted by molar-refractivity contribution is 9.10. The summed E-state index contributed by atoms with van der Waals surface area (Å²) in [6, 6.07) is 3.77. The highest BCUT2D eigenvalue weighted by atomic mass is 79.9. The summed E-state index contributed by atoms with van der Waals surface area (Å²) in [4.78, 5) is 0. The maximum absolute atomic E-state index is 10.1. The van der Waals surface area contributed by atoms with Crippen molar-refractivity contribution in [3.8, 4) is 11.5 Å². The molecular weight excluding hydrogens is 270 g/mol. The number of nitrogens with one attached hydrogen (secondary N) is 1. The van der Waals surface area contributed by atoms with Crippen molar-refractivity contribution in [3.63, 3.8) is 0 Å². The fourth-order valence-electron chi connectivity index (χ4n) is 2.18. The van der Waals surface area contributed by atoms with Gasteiger partial charge in [0.1, 0.15) is 0 Å². The van der Waals surface area contributed by atoms with Crippen LogP contribution in [-0.4, -0.2) is 25.3 Å². The molecule has 2 rings (SSSR count). The predicted molar refractivity (Wildman–Crippen MR) is 67.2 cm³/mol. The molecule has 0 spiro atoms. The van der Waals surface area contributed by atoms with E-state index in [4.69, 9.17) is 4.74 Å². The minimum absolute atomic E-state index is 0.277. The third kappa shape index (κ3) is 2.33. The largest absolute Gasteiger partial charge is 0.504 e. The van der Waals surface area contributed by atoms with Gasteiger partial charge >= 0.3 is 0 Å². The van der Waals surface area contributed by atoms with Crippen LogP contribution in [0.5, 0.6) is 11.5 Å². The molecule has 1 heterocycles. The molecule has 16 heavy (non-hydrogen) atoms. The average Bonchev–Trinajstić information content (AvgIpc) is 2.33. The summed E-state index contributed by atoms with van der Waals surface area (Å²) in [7, 11) is 1.57. The summed E-state index contributed by atoms with van der Waals surface area (Å²) in [6.07, 6.45) is 2.26. The molecule has 4 heteroatoms. The van der Waals surface area contributed by atoms with Crippen molar-refractivity contribution in [1.29, 1.82) is 0 Å². The third-order valence-electron chi connectivity index (χ3n) is 3.03. The van der Waals surface area contributed by atoms with E-state index in [0.29, 0.717) is 11.7 Å². The molecule has 0 aromatic heterocycles. The molecule has 3 nitrogen and oxygen atoms in total. The Bertz CT molecular complexity index is 376. The molecule has 0 radical (unpaired) electrons. The molecule has 0 aliphatic carbocycles. The molecule has 0 bridgehead atoms. The summed E-state index contributed by atoms with van der Waals surface area (Å²) in [5, 5.41) is 13.4. The van der Waals surface area contributed by atoms with Gasteiger partial charge < -0.3 is 15.2 Å². The number of phenols is 1. The second-order valence-corrected chi connectivity index (χ2v) is 5.00. The van der Waals surface area contributed by atoms with E-state index in [1.54, 1.807) is 13.2 Å². The number of aromatic hydroxyl groups is 1. The van der Waals surface area contributed by atoms with E-state index in [1.807, 2.05) is 6.07 Å². The summed E-state index contributed by atoms with van der Waals surface area (Å²) < 4.78 is 6.10. The lowest BCUT2D eigenvalue weighted by Crippen LogP contribution is -2.28. The Labute approximate surface area is 104 Å². The Balaban J connectivity index is 2.34. The van der Waals surface area contributed by atoms with Crippen LogP contribution >= 0.6 is 15.9 Å². The zero-order valence-electron chi connectivity index (χ0n) is 9.29. The lowest BCUT2D eigenvalue weighted by Gasteiger charge is -2.24. The molecule has 2 N–H and O–H groups in total. The molecule has 88 valence electrons. The smallest absolute Gasteiger partial charge is 0.161 e. The minimum Gasteiger partial charge on any atom is -0.504 e. The summed E-state index contributed by atoms with van der Waals surface area (Å²) in [5.41, 5.74) is 0.971. The number of ether oxygens (including phenoxy) is 1. The van der Waals surface area contributed by atoms with Crippen LogP contribution in [-0.2, 0) is 0 Å². The standard InChI is InChI=1S/C12H16BrNO2/c1-16-11-6-9(13)5-10(12(11)15)8-3-2-4-14-7-8/h5-6,8,14-15H,2-4,7H2,1H3. The number of rotatable bonds is 2. The molecule has 1 atom stereocenters. The Hall–Kier alpha value is -0.740. The fraction of sp³-hybridized carbons (Fsp3) is 0.500. The van der Waals surface area contributed by atoms with Crippen molar-refractivity contribution in [3.05, 3.63) is 22.2 Å². The first-order valence-corrected chi connectivity index (χ1v) is 6.28. The number of piperidine rings is 1. The maximum atomic E-state index is 10.1. The van der Waals surface area contributed by atoms with Crippen molar-refractivity contribution in [2.45, 2.75) is 18.8 Å². The van der Waals surface area contributed by atoms with E-state index in [2.05, 4.69) is 21.2 Å². The van der Waals surface area contributed by atoms with Gasteiger partial charge in [-0.3, -0.25) is 0 Å². The van der Waals surface area contributed by atoms with E-state index in [1.165, 1.54) is 0 Å².